The summed E-state index contributed by atoms with van der Waals surface area (Å²) in [5.74, 6) is 2.92. The zero-order chi connectivity index (χ0) is 12.6. The second kappa shape index (κ2) is 4.84. The lowest BCUT2D eigenvalue weighted by Crippen LogP contribution is -2.53. The minimum atomic E-state index is 0.0253. The average molecular weight is 250 g/mol. The third-order valence-electron chi connectivity index (χ3n) is 5.44. The highest BCUT2D eigenvalue weighted by Crippen LogP contribution is 2.60. The molecule has 4 aliphatic carbocycles. The molecule has 0 aromatic carbocycles. The summed E-state index contributed by atoms with van der Waals surface area (Å²) < 4.78 is 0. The van der Waals surface area contributed by atoms with Gasteiger partial charge < -0.3 is 11.1 Å². The van der Waals surface area contributed by atoms with Crippen LogP contribution in [0.3, 0.4) is 0 Å². The predicted molar refractivity (Wildman–Crippen MR) is 71.9 cm³/mol. The van der Waals surface area contributed by atoms with E-state index in [0.29, 0.717) is 5.91 Å². The number of nitrogens with one attached hydrogen (secondary N) is 1. The molecule has 0 radical (unpaired) electrons. The Balaban J connectivity index is 1.59. The van der Waals surface area contributed by atoms with Crippen molar-refractivity contribution in [2.24, 2.45) is 28.9 Å². The van der Waals surface area contributed by atoms with Crippen LogP contribution in [0.5, 0.6) is 0 Å². The normalized spacial score (nSPS) is 41.1. The number of amides is 1. The molecule has 0 saturated heterocycles. The minimum absolute atomic E-state index is 0.0253. The van der Waals surface area contributed by atoms with Crippen LogP contribution >= 0.6 is 0 Å². The minimum Gasteiger partial charge on any atom is -0.356 e. The van der Waals surface area contributed by atoms with Crippen molar-refractivity contribution in [3.63, 3.8) is 0 Å². The summed E-state index contributed by atoms with van der Waals surface area (Å²) in [6.45, 7) is 1.55. The number of rotatable bonds is 5. The molecule has 0 unspecified atom stereocenters. The summed E-state index contributed by atoms with van der Waals surface area (Å²) in [5, 5.41) is 3.18. The number of unbranched alkanes of at least 4 members (excludes halogenated alkanes) is 1. The van der Waals surface area contributed by atoms with Crippen LogP contribution in [-0.2, 0) is 4.79 Å². The summed E-state index contributed by atoms with van der Waals surface area (Å²) in [6.07, 6.45) is 9.75. The molecule has 0 aromatic rings. The van der Waals surface area contributed by atoms with Gasteiger partial charge in [-0.3, -0.25) is 4.79 Å². The van der Waals surface area contributed by atoms with Crippen LogP contribution in [0.25, 0.3) is 0 Å². The molecule has 0 aliphatic heterocycles. The maximum Gasteiger partial charge on any atom is 0.226 e. The van der Waals surface area contributed by atoms with Gasteiger partial charge in [0.15, 0.2) is 0 Å². The van der Waals surface area contributed by atoms with Crippen molar-refractivity contribution in [1.82, 2.24) is 5.32 Å². The van der Waals surface area contributed by atoms with Crippen LogP contribution in [0, 0.1) is 23.2 Å². The number of nitrogens with two attached hydrogens (primary N) is 1. The van der Waals surface area contributed by atoms with Gasteiger partial charge in [0.1, 0.15) is 0 Å². The van der Waals surface area contributed by atoms with E-state index >= 15 is 0 Å². The molecule has 3 heteroatoms. The van der Waals surface area contributed by atoms with Crippen molar-refractivity contribution < 1.29 is 4.79 Å². The van der Waals surface area contributed by atoms with E-state index in [-0.39, 0.29) is 5.41 Å². The molecule has 0 aromatic heterocycles. The van der Waals surface area contributed by atoms with E-state index in [1.807, 2.05) is 0 Å². The first kappa shape index (κ1) is 12.5. The summed E-state index contributed by atoms with van der Waals surface area (Å²) >= 11 is 0. The van der Waals surface area contributed by atoms with E-state index in [0.717, 1.165) is 43.7 Å². The third-order valence-corrected chi connectivity index (χ3v) is 5.44. The van der Waals surface area contributed by atoms with E-state index in [1.54, 1.807) is 0 Å². The zero-order valence-electron chi connectivity index (χ0n) is 11.3. The Labute approximate surface area is 110 Å². The molecule has 3 nitrogen and oxygen atoms in total. The maximum absolute atomic E-state index is 12.5. The van der Waals surface area contributed by atoms with Crippen LogP contribution in [0.4, 0.5) is 0 Å². The van der Waals surface area contributed by atoms with Crippen LogP contribution < -0.4 is 11.1 Å². The van der Waals surface area contributed by atoms with Gasteiger partial charge in [-0.15, -0.1) is 0 Å². The Morgan fingerprint density at radius 3 is 2.11 bits per heavy atom. The fourth-order valence-corrected chi connectivity index (χ4v) is 5.05. The molecule has 0 spiro atoms. The lowest BCUT2D eigenvalue weighted by Gasteiger charge is -2.55. The Kier molecular flexibility index (Phi) is 3.35. The van der Waals surface area contributed by atoms with E-state index in [2.05, 4.69) is 5.32 Å². The molecule has 4 rings (SSSR count). The molecule has 0 heterocycles. The molecule has 4 saturated carbocycles. The van der Waals surface area contributed by atoms with Crippen molar-refractivity contribution in [3.8, 4) is 0 Å². The van der Waals surface area contributed by atoms with Crippen LogP contribution in [0.15, 0.2) is 0 Å². The van der Waals surface area contributed by atoms with Crippen molar-refractivity contribution in [2.75, 3.05) is 13.1 Å². The summed E-state index contributed by atoms with van der Waals surface area (Å²) in [4.78, 5) is 12.5. The highest BCUT2D eigenvalue weighted by molar-refractivity contribution is 5.83. The van der Waals surface area contributed by atoms with E-state index in [4.69, 9.17) is 5.73 Å². The fraction of sp³-hybridized carbons (Fsp3) is 0.933. The largest absolute Gasteiger partial charge is 0.356 e. The predicted octanol–water partition coefficient (Wildman–Crippen LogP) is 2.06. The van der Waals surface area contributed by atoms with Gasteiger partial charge in [0.25, 0.3) is 0 Å². The third kappa shape index (κ3) is 2.18. The van der Waals surface area contributed by atoms with E-state index in [9.17, 15) is 4.79 Å². The summed E-state index contributed by atoms with van der Waals surface area (Å²) in [5.41, 5.74) is 5.50. The molecule has 18 heavy (non-hydrogen) atoms. The lowest BCUT2D eigenvalue weighted by molar-refractivity contribution is -0.146. The summed E-state index contributed by atoms with van der Waals surface area (Å²) in [7, 11) is 0. The van der Waals surface area contributed by atoms with Gasteiger partial charge in [0.05, 0.1) is 0 Å². The molecule has 4 fully saturated rings. The first-order valence-electron chi connectivity index (χ1n) is 7.70. The number of hydrogen-bond donors (Lipinski definition) is 2. The quantitative estimate of drug-likeness (QED) is 0.734. The van der Waals surface area contributed by atoms with Gasteiger partial charge in [0.2, 0.25) is 5.91 Å². The lowest BCUT2D eigenvalue weighted by atomic mass is 9.49. The second-order valence-corrected chi connectivity index (χ2v) is 6.95. The van der Waals surface area contributed by atoms with Gasteiger partial charge in [-0.2, -0.15) is 0 Å². The molecule has 1 amide bonds. The molecule has 4 aliphatic rings. The Morgan fingerprint density at radius 1 is 1.06 bits per heavy atom. The Morgan fingerprint density at radius 2 is 1.61 bits per heavy atom. The topological polar surface area (TPSA) is 55.1 Å². The van der Waals surface area contributed by atoms with E-state index < -0.39 is 0 Å². The Hall–Kier alpha value is -0.570. The highest BCUT2D eigenvalue weighted by atomic mass is 16.2. The first-order chi connectivity index (χ1) is 8.72. The Bertz CT molecular complexity index is 291. The zero-order valence-corrected chi connectivity index (χ0v) is 11.3. The average Bonchev–Trinajstić information content (AvgIpc) is 2.32. The number of carbonyl (C=O) groups excluding carboxylic acids is 1. The second-order valence-electron chi connectivity index (χ2n) is 6.95. The van der Waals surface area contributed by atoms with Crippen molar-refractivity contribution in [3.05, 3.63) is 0 Å². The molecule has 102 valence electrons. The SMILES string of the molecule is NCCCCNC(=O)C12CC3CC(CC(C3)C1)C2. The molecule has 0 atom stereocenters. The van der Waals surface area contributed by atoms with E-state index in [1.165, 1.54) is 38.5 Å². The maximum atomic E-state index is 12.5. The molecule has 3 N–H and O–H groups in total. The standard InChI is InChI=1S/C15H26N2O/c16-3-1-2-4-17-14(18)15-8-11-5-12(9-15)7-13(6-11)10-15/h11-13H,1-10,16H2,(H,17,18). The van der Waals surface area contributed by atoms with Crippen molar-refractivity contribution in [2.45, 2.75) is 51.4 Å². The smallest absolute Gasteiger partial charge is 0.226 e. The van der Waals surface area contributed by atoms with Gasteiger partial charge >= 0.3 is 0 Å². The van der Waals surface area contributed by atoms with Gasteiger partial charge in [-0.25, -0.2) is 0 Å². The summed E-state index contributed by atoms with van der Waals surface area (Å²) in [6, 6.07) is 0. The first-order valence-corrected chi connectivity index (χ1v) is 7.70. The van der Waals surface area contributed by atoms with Crippen LogP contribution in [0.1, 0.15) is 51.4 Å². The molecular formula is C15H26N2O. The van der Waals surface area contributed by atoms with Crippen LogP contribution in [-0.4, -0.2) is 19.0 Å². The van der Waals surface area contributed by atoms with Gasteiger partial charge in [-0.1, -0.05) is 0 Å². The fourth-order valence-electron chi connectivity index (χ4n) is 5.05. The van der Waals surface area contributed by atoms with Crippen molar-refractivity contribution in [1.29, 1.82) is 0 Å². The van der Waals surface area contributed by atoms with Crippen LogP contribution in [0.2, 0.25) is 0 Å². The highest BCUT2D eigenvalue weighted by Gasteiger charge is 2.54. The monoisotopic (exact) mass is 250 g/mol. The molecule has 4 bridgehead atoms. The number of carbonyl (C=O) groups is 1. The van der Waals surface area contributed by atoms with Crippen molar-refractivity contribution >= 4 is 5.91 Å². The van der Waals surface area contributed by atoms with Gasteiger partial charge in [0, 0.05) is 12.0 Å². The van der Waals surface area contributed by atoms with Gasteiger partial charge in [-0.05, 0) is 75.7 Å². The molecular weight excluding hydrogens is 224 g/mol. The number of hydrogen-bond acceptors (Lipinski definition) is 2.